The molecular formula is C29H25ClFN3O3. The monoisotopic (exact) mass is 517 g/mol. The first kappa shape index (κ1) is 23.7. The molecule has 1 saturated carbocycles. The maximum Gasteiger partial charge on any atom is 0.341 e. The highest BCUT2D eigenvalue weighted by Crippen LogP contribution is 2.41. The molecule has 1 unspecified atom stereocenters. The Labute approximate surface area is 217 Å². The predicted octanol–water partition coefficient (Wildman–Crippen LogP) is 5.65. The van der Waals surface area contributed by atoms with E-state index < -0.39 is 17.2 Å². The lowest BCUT2D eigenvalue weighted by Gasteiger charge is -2.36. The topological polar surface area (TPSA) is 74.6 Å². The van der Waals surface area contributed by atoms with Crippen molar-refractivity contribution in [2.24, 2.45) is 0 Å². The number of halogens is 2. The van der Waals surface area contributed by atoms with Crippen LogP contribution in [0.2, 0.25) is 5.02 Å². The molecule has 2 N–H and O–H groups in total. The molecule has 2 heterocycles. The average molecular weight is 518 g/mol. The number of nitrogens with zero attached hydrogens (tertiary/aromatic N) is 2. The number of aromatic nitrogens is 1. The predicted molar refractivity (Wildman–Crippen MR) is 143 cm³/mol. The maximum absolute atomic E-state index is 16.2. The van der Waals surface area contributed by atoms with Gasteiger partial charge in [-0.25, -0.2) is 9.18 Å². The van der Waals surface area contributed by atoms with Crippen molar-refractivity contribution in [1.29, 1.82) is 0 Å². The second kappa shape index (κ2) is 9.32. The molecule has 1 atom stereocenters. The number of carboxylic acids is 1. The van der Waals surface area contributed by atoms with E-state index in [9.17, 15) is 14.7 Å². The van der Waals surface area contributed by atoms with Gasteiger partial charge in [-0.3, -0.25) is 4.79 Å². The molecule has 3 aromatic carbocycles. The fourth-order valence-electron chi connectivity index (χ4n) is 5.23. The highest BCUT2D eigenvalue weighted by molar-refractivity contribution is 6.34. The van der Waals surface area contributed by atoms with Gasteiger partial charge in [0.25, 0.3) is 0 Å². The third-order valence-electron chi connectivity index (χ3n) is 7.27. The van der Waals surface area contributed by atoms with Crippen LogP contribution >= 0.6 is 11.6 Å². The van der Waals surface area contributed by atoms with Crippen LogP contribution in [0.5, 0.6) is 0 Å². The van der Waals surface area contributed by atoms with Gasteiger partial charge in [0.2, 0.25) is 5.43 Å². The summed E-state index contributed by atoms with van der Waals surface area (Å²) in [6.45, 7) is 1.67. The van der Waals surface area contributed by atoms with E-state index in [4.69, 9.17) is 11.6 Å². The van der Waals surface area contributed by atoms with Crippen molar-refractivity contribution in [3.05, 3.63) is 99.1 Å². The highest BCUT2D eigenvalue weighted by Gasteiger charge is 2.32. The fourth-order valence-corrected chi connectivity index (χ4v) is 5.54. The number of pyridine rings is 1. The van der Waals surface area contributed by atoms with Crippen LogP contribution in [0.25, 0.3) is 22.0 Å². The minimum atomic E-state index is -1.33. The van der Waals surface area contributed by atoms with Crippen LogP contribution in [0, 0.1) is 5.82 Å². The van der Waals surface area contributed by atoms with Crippen molar-refractivity contribution in [3.63, 3.8) is 0 Å². The Bertz CT molecular complexity index is 1570. The zero-order valence-corrected chi connectivity index (χ0v) is 20.7. The number of fused-ring (bicyclic) bond motifs is 1. The first-order chi connectivity index (χ1) is 17.9. The van der Waals surface area contributed by atoms with E-state index in [-0.39, 0.29) is 39.3 Å². The Kier molecular flexibility index (Phi) is 5.97. The number of hydrogen-bond donors (Lipinski definition) is 2. The molecule has 37 heavy (non-hydrogen) atoms. The van der Waals surface area contributed by atoms with E-state index >= 15 is 4.39 Å². The summed E-state index contributed by atoms with van der Waals surface area (Å²) in [7, 11) is 0. The largest absolute Gasteiger partial charge is 0.477 e. The molecule has 0 bridgehead atoms. The number of aromatic carboxylic acids is 1. The third kappa shape index (κ3) is 4.28. The number of hydrogen-bond acceptors (Lipinski definition) is 4. The van der Waals surface area contributed by atoms with Gasteiger partial charge < -0.3 is 19.9 Å². The molecule has 6 rings (SSSR count). The minimum Gasteiger partial charge on any atom is -0.477 e. The SMILES string of the molecule is O=C(O)c1cn(C2CC2)c2c(F)c(N3CCNC(c4ccc(-c5ccccc5)cc4)C3)c(Cl)cc2c1=O. The van der Waals surface area contributed by atoms with Crippen molar-refractivity contribution in [2.75, 3.05) is 24.5 Å². The smallest absolute Gasteiger partial charge is 0.341 e. The number of carbonyl (C=O) groups is 1. The van der Waals surface area contributed by atoms with Crippen molar-refractivity contribution in [2.45, 2.75) is 24.9 Å². The van der Waals surface area contributed by atoms with E-state index in [1.807, 2.05) is 23.1 Å². The molecule has 4 aromatic rings. The van der Waals surface area contributed by atoms with Crippen LogP contribution in [0.4, 0.5) is 10.1 Å². The van der Waals surface area contributed by atoms with Crippen molar-refractivity contribution in [3.8, 4) is 11.1 Å². The summed E-state index contributed by atoms with van der Waals surface area (Å²) in [4.78, 5) is 26.5. The average Bonchev–Trinajstić information content (AvgIpc) is 3.75. The zero-order valence-electron chi connectivity index (χ0n) is 20.0. The van der Waals surface area contributed by atoms with Crippen LogP contribution in [-0.4, -0.2) is 35.3 Å². The van der Waals surface area contributed by atoms with Crippen LogP contribution < -0.4 is 15.6 Å². The number of nitrogens with one attached hydrogen (secondary N) is 1. The Morgan fingerprint density at radius 3 is 2.43 bits per heavy atom. The second-order valence-corrected chi connectivity index (χ2v) is 10.1. The van der Waals surface area contributed by atoms with Gasteiger partial charge in [-0.1, -0.05) is 66.2 Å². The summed E-state index contributed by atoms with van der Waals surface area (Å²) in [5.41, 5.74) is 2.64. The molecule has 2 aliphatic rings. The standard InChI is InChI=1S/C29H25ClFN3O3/c30-23-14-21-26(34(20-10-11-20)15-22(28(21)35)29(36)37)25(31)27(23)33-13-12-32-24(16-33)19-8-6-18(7-9-19)17-4-2-1-3-5-17/h1-9,14-15,20,24,32H,10-13,16H2,(H,36,37). The van der Waals surface area contributed by atoms with Gasteiger partial charge in [0, 0.05) is 37.9 Å². The Hall–Kier alpha value is -3.68. The normalized spacial score (nSPS) is 17.8. The van der Waals surface area contributed by atoms with Crippen LogP contribution in [0.1, 0.15) is 40.8 Å². The molecule has 0 radical (unpaired) electrons. The molecular weight excluding hydrogens is 493 g/mol. The summed E-state index contributed by atoms with van der Waals surface area (Å²) in [5, 5.41) is 13.1. The number of anilines is 1. The fraction of sp³-hybridized carbons (Fsp3) is 0.241. The molecule has 188 valence electrons. The molecule has 8 heteroatoms. The number of carboxylic acid groups (broad SMARTS) is 1. The first-order valence-corrected chi connectivity index (χ1v) is 12.7. The molecule has 0 spiro atoms. The molecule has 1 aliphatic carbocycles. The summed E-state index contributed by atoms with van der Waals surface area (Å²) in [6, 6.07) is 19.9. The number of piperazine rings is 1. The summed E-state index contributed by atoms with van der Waals surface area (Å²) < 4.78 is 17.8. The minimum absolute atomic E-state index is 0.00114. The third-order valence-corrected chi connectivity index (χ3v) is 7.55. The van der Waals surface area contributed by atoms with Crippen molar-refractivity contribution >= 4 is 34.2 Å². The molecule has 0 amide bonds. The Morgan fingerprint density at radius 2 is 1.76 bits per heavy atom. The van der Waals surface area contributed by atoms with Crippen LogP contribution in [-0.2, 0) is 0 Å². The van der Waals surface area contributed by atoms with E-state index in [1.165, 1.54) is 12.3 Å². The van der Waals surface area contributed by atoms with Crippen LogP contribution in [0.15, 0.2) is 71.7 Å². The van der Waals surface area contributed by atoms with Gasteiger partial charge in [0.15, 0.2) is 5.82 Å². The van der Waals surface area contributed by atoms with Crippen LogP contribution in [0.3, 0.4) is 0 Å². The van der Waals surface area contributed by atoms with E-state index in [1.54, 1.807) is 4.57 Å². The Balaban J connectivity index is 1.36. The van der Waals surface area contributed by atoms with Crippen molar-refractivity contribution < 1.29 is 14.3 Å². The molecule has 6 nitrogen and oxygen atoms in total. The van der Waals surface area contributed by atoms with Crippen molar-refractivity contribution in [1.82, 2.24) is 9.88 Å². The lowest BCUT2D eigenvalue weighted by molar-refractivity contribution is 0.0695. The quantitative estimate of drug-likeness (QED) is 0.358. The summed E-state index contributed by atoms with van der Waals surface area (Å²) in [6.07, 6.45) is 2.90. The molecule has 1 aliphatic heterocycles. The zero-order chi connectivity index (χ0) is 25.7. The van der Waals surface area contributed by atoms with Gasteiger partial charge in [0.1, 0.15) is 5.56 Å². The molecule has 1 saturated heterocycles. The first-order valence-electron chi connectivity index (χ1n) is 12.4. The lowest BCUT2D eigenvalue weighted by Crippen LogP contribution is -2.46. The van der Waals surface area contributed by atoms with Gasteiger partial charge >= 0.3 is 5.97 Å². The van der Waals surface area contributed by atoms with Gasteiger partial charge in [-0.2, -0.15) is 0 Å². The van der Waals surface area contributed by atoms with Gasteiger partial charge in [0.05, 0.1) is 21.6 Å². The van der Waals surface area contributed by atoms with E-state index in [0.29, 0.717) is 19.6 Å². The molecule has 2 fully saturated rings. The number of rotatable bonds is 5. The second-order valence-electron chi connectivity index (χ2n) is 9.67. The lowest BCUT2D eigenvalue weighted by atomic mass is 9.99. The van der Waals surface area contributed by atoms with E-state index in [2.05, 4.69) is 41.7 Å². The Morgan fingerprint density at radius 1 is 1.05 bits per heavy atom. The molecule has 1 aromatic heterocycles. The van der Waals surface area contributed by atoms with Gasteiger partial charge in [-0.15, -0.1) is 0 Å². The summed E-state index contributed by atoms with van der Waals surface area (Å²) >= 11 is 6.58. The number of benzene rings is 3. The highest BCUT2D eigenvalue weighted by atomic mass is 35.5. The summed E-state index contributed by atoms with van der Waals surface area (Å²) in [5.74, 6) is -1.91. The van der Waals surface area contributed by atoms with Gasteiger partial charge in [-0.05, 0) is 35.6 Å². The van der Waals surface area contributed by atoms with E-state index in [0.717, 1.165) is 29.5 Å². The maximum atomic E-state index is 16.2.